The van der Waals surface area contributed by atoms with Crippen LogP contribution in [0.5, 0.6) is 0 Å². The fraction of sp³-hybridized carbons (Fsp3) is 0.0870. The molecule has 0 fully saturated rings. The highest BCUT2D eigenvalue weighted by atomic mass is 32.2. The van der Waals surface area contributed by atoms with Crippen LogP contribution in [0.3, 0.4) is 0 Å². The van der Waals surface area contributed by atoms with E-state index in [1.807, 2.05) is 30.3 Å². The summed E-state index contributed by atoms with van der Waals surface area (Å²) in [6, 6.07) is 20.6. The lowest BCUT2D eigenvalue weighted by molar-refractivity contribution is -0.115. The van der Waals surface area contributed by atoms with Crippen LogP contribution in [0.15, 0.2) is 77.7 Å². The maximum Gasteiger partial charge on any atom is 0.257 e. The normalized spacial score (nSPS) is 11.3. The molecule has 0 unspecified atom stereocenters. The van der Waals surface area contributed by atoms with Crippen molar-refractivity contribution in [3.63, 3.8) is 0 Å². The van der Waals surface area contributed by atoms with Gasteiger partial charge in [-0.1, -0.05) is 41.7 Å². The van der Waals surface area contributed by atoms with Crippen LogP contribution in [0.25, 0.3) is 10.2 Å². The minimum atomic E-state index is -3.32. The number of anilines is 2. The topological polar surface area (TPSA) is 105 Å². The van der Waals surface area contributed by atoms with Crippen LogP contribution in [-0.4, -0.2) is 31.5 Å². The molecular formula is C23H19N3O4S2. The van der Waals surface area contributed by atoms with Crippen molar-refractivity contribution in [1.29, 1.82) is 0 Å². The van der Waals surface area contributed by atoms with Crippen LogP contribution in [-0.2, 0) is 21.1 Å². The molecule has 4 aromatic rings. The van der Waals surface area contributed by atoms with Crippen molar-refractivity contribution in [2.45, 2.75) is 11.3 Å². The molecule has 0 aliphatic heterocycles. The van der Waals surface area contributed by atoms with Gasteiger partial charge in [-0.2, -0.15) is 0 Å². The Morgan fingerprint density at radius 2 is 1.66 bits per heavy atom. The predicted octanol–water partition coefficient (Wildman–Crippen LogP) is 4.13. The van der Waals surface area contributed by atoms with E-state index in [0.29, 0.717) is 26.6 Å². The number of hydrogen-bond acceptors (Lipinski definition) is 6. The molecule has 0 aliphatic rings. The Balaban J connectivity index is 1.41. The molecule has 9 heteroatoms. The third-order valence-corrected chi connectivity index (χ3v) is 6.69. The van der Waals surface area contributed by atoms with Crippen molar-refractivity contribution >= 4 is 54.0 Å². The van der Waals surface area contributed by atoms with E-state index in [2.05, 4.69) is 15.6 Å². The van der Waals surface area contributed by atoms with Crippen molar-refractivity contribution < 1.29 is 18.0 Å². The summed E-state index contributed by atoms with van der Waals surface area (Å²) < 4.78 is 24.1. The smallest absolute Gasteiger partial charge is 0.257 e. The molecule has 0 radical (unpaired) electrons. The molecule has 162 valence electrons. The number of hydrogen-bond donors (Lipinski definition) is 2. The lowest BCUT2D eigenvalue weighted by Crippen LogP contribution is -2.15. The summed E-state index contributed by atoms with van der Waals surface area (Å²) in [4.78, 5) is 29.3. The molecule has 32 heavy (non-hydrogen) atoms. The molecule has 0 spiro atoms. The molecule has 4 rings (SSSR count). The number of fused-ring (bicyclic) bond motifs is 1. The summed E-state index contributed by atoms with van der Waals surface area (Å²) in [5.41, 5.74) is 2.52. The highest BCUT2D eigenvalue weighted by Crippen LogP contribution is 2.28. The van der Waals surface area contributed by atoms with Crippen LogP contribution in [0, 0.1) is 0 Å². The number of thiazole rings is 1. The van der Waals surface area contributed by atoms with Crippen LogP contribution in [0.4, 0.5) is 10.8 Å². The van der Waals surface area contributed by atoms with Crippen LogP contribution in [0.1, 0.15) is 15.9 Å². The monoisotopic (exact) mass is 465 g/mol. The number of benzene rings is 3. The van der Waals surface area contributed by atoms with Crippen LogP contribution >= 0.6 is 11.3 Å². The largest absolute Gasteiger partial charge is 0.326 e. The van der Waals surface area contributed by atoms with Gasteiger partial charge in [0.2, 0.25) is 5.91 Å². The lowest BCUT2D eigenvalue weighted by atomic mass is 10.1. The number of sulfone groups is 1. The van der Waals surface area contributed by atoms with E-state index in [9.17, 15) is 18.0 Å². The second-order valence-corrected chi connectivity index (χ2v) is 10.2. The Morgan fingerprint density at radius 1 is 0.938 bits per heavy atom. The van der Waals surface area contributed by atoms with Crippen molar-refractivity contribution in [3.05, 3.63) is 83.9 Å². The number of aromatic nitrogens is 1. The van der Waals surface area contributed by atoms with E-state index in [-0.39, 0.29) is 23.1 Å². The molecule has 3 aromatic carbocycles. The summed E-state index contributed by atoms with van der Waals surface area (Å²) in [5, 5.41) is 5.91. The Kier molecular flexibility index (Phi) is 6.02. The van der Waals surface area contributed by atoms with Gasteiger partial charge in [-0.15, -0.1) is 0 Å². The van der Waals surface area contributed by atoms with E-state index in [1.165, 1.54) is 17.4 Å². The first kappa shape index (κ1) is 21.7. The maximum absolute atomic E-state index is 12.6. The first-order valence-electron chi connectivity index (χ1n) is 9.64. The van der Waals surface area contributed by atoms with E-state index < -0.39 is 9.84 Å². The van der Waals surface area contributed by atoms with E-state index >= 15 is 0 Å². The first-order valence-corrected chi connectivity index (χ1v) is 12.3. The molecule has 0 atom stereocenters. The molecule has 0 bridgehead atoms. The molecule has 2 amide bonds. The number of amides is 2. The second kappa shape index (κ2) is 8.89. The van der Waals surface area contributed by atoms with Gasteiger partial charge in [-0.25, -0.2) is 13.4 Å². The van der Waals surface area contributed by atoms with Gasteiger partial charge in [-0.05, 0) is 48.0 Å². The molecule has 0 saturated carbocycles. The van der Waals surface area contributed by atoms with Crippen molar-refractivity contribution in [2.75, 3.05) is 16.9 Å². The minimum Gasteiger partial charge on any atom is -0.326 e. The number of nitrogens with one attached hydrogen (secondary N) is 2. The van der Waals surface area contributed by atoms with Crippen molar-refractivity contribution in [1.82, 2.24) is 4.98 Å². The standard InChI is InChI=1S/C23H19N3O4S2/c1-32(29,30)18-11-12-19-20(14-18)31-23(25-19)26-22(28)16-7-9-17(10-8-16)24-21(27)13-15-5-3-2-4-6-15/h2-12,14H,13H2,1H3,(H,24,27)(H,25,26,28). The summed E-state index contributed by atoms with van der Waals surface area (Å²) >= 11 is 1.20. The number of carbonyl (C=O) groups is 2. The lowest BCUT2D eigenvalue weighted by Gasteiger charge is -2.07. The number of rotatable bonds is 6. The van der Waals surface area contributed by atoms with Crippen LogP contribution < -0.4 is 10.6 Å². The van der Waals surface area contributed by atoms with Gasteiger partial charge < -0.3 is 5.32 Å². The fourth-order valence-corrected chi connectivity index (χ4v) is 4.67. The zero-order valence-corrected chi connectivity index (χ0v) is 18.7. The van der Waals surface area contributed by atoms with E-state index in [1.54, 1.807) is 36.4 Å². The van der Waals surface area contributed by atoms with Gasteiger partial charge in [0.25, 0.3) is 5.91 Å². The third kappa shape index (κ3) is 5.19. The van der Waals surface area contributed by atoms with Gasteiger partial charge in [0.05, 0.1) is 21.5 Å². The Bertz CT molecular complexity index is 1400. The SMILES string of the molecule is CS(=O)(=O)c1ccc2nc(NC(=O)c3ccc(NC(=O)Cc4ccccc4)cc3)sc2c1. The quantitative estimate of drug-likeness (QED) is 0.445. The summed E-state index contributed by atoms with van der Waals surface area (Å²) in [5.74, 6) is -0.495. The third-order valence-electron chi connectivity index (χ3n) is 4.65. The second-order valence-electron chi connectivity index (χ2n) is 7.16. The molecule has 1 heterocycles. The van der Waals surface area contributed by atoms with Gasteiger partial charge in [-0.3, -0.25) is 14.9 Å². The summed E-state index contributed by atoms with van der Waals surface area (Å²) in [7, 11) is -3.32. The Hall–Kier alpha value is -3.56. The molecule has 1 aromatic heterocycles. The molecule has 0 saturated heterocycles. The first-order chi connectivity index (χ1) is 15.3. The van der Waals surface area contributed by atoms with Gasteiger partial charge in [0, 0.05) is 17.5 Å². The van der Waals surface area contributed by atoms with Gasteiger partial charge in [0.15, 0.2) is 15.0 Å². The van der Waals surface area contributed by atoms with Crippen molar-refractivity contribution in [2.24, 2.45) is 0 Å². The molecule has 7 nitrogen and oxygen atoms in total. The summed E-state index contributed by atoms with van der Waals surface area (Å²) in [6.07, 6.45) is 1.41. The number of nitrogens with zero attached hydrogens (tertiary/aromatic N) is 1. The molecule has 2 N–H and O–H groups in total. The van der Waals surface area contributed by atoms with Gasteiger partial charge in [0.1, 0.15) is 0 Å². The maximum atomic E-state index is 12.6. The summed E-state index contributed by atoms with van der Waals surface area (Å²) in [6.45, 7) is 0. The van der Waals surface area contributed by atoms with Crippen LogP contribution in [0.2, 0.25) is 0 Å². The molecular weight excluding hydrogens is 446 g/mol. The predicted molar refractivity (Wildman–Crippen MR) is 126 cm³/mol. The highest BCUT2D eigenvalue weighted by molar-refractivity contribution is 7.90. The molecule has 0 aliphatic carbocycles. The number of carbonyl (C=O) groups excluding carboxylic acids is 2. The van der Waals surface area contributed by atoms with Gasteiger partial charge >= 0.3 is 0 Å². The Labute approximate surface area is 189 Å². The van der Waals surface area contributed by atoms with E-state index in [0.717, 1.165) is 11.8 Å². The fourth-order valence-electron chi connectivity index (χ4n) is 3.05. The average Bonchev–Trinajstić information content (AvgIpc) is 3.15. The highest BCUT2D eigenvalue weighted by Gasteiger charge is 2.13. The average molecular weight is 466 g/mol. The minimum absolute atomic E-state index is 0.142. The zero-order chi connectivity index (χ0) is 22.7. The zero-order valence-electron chi connectivity index (χ0n) is 17.0. The Morgan fingerprint density at radius 3 is 2.34 bits per heavy atom. The van der Waals surface area contributed by atoms with Crippen molar-refractivity contribution in [3.8, 4) is 0 Å². The van der Waals surface area contributed by atoms with E-state index in [4.69, 9.17) is 0 Å².